The Kier molecular flexibility index (Phi) is 9.38. The fourth-order valence-corrected chi connectivity index (χ4v) is 11.5. The molecule has 3 amide bonds. The van der Waals surface area contributed by atoms with E-state index in [0.29, 0.717) is 56.7 Å². The first-order chi connectivity index (χ1) is 24.6. The number of hydrogen-bond donors (Lipinski definition) is 1. The van der Waals surface area contributed by atoms with E-state index in [4.69, 9.17) is 25.8 Å². The zero-order valence-electron chi connectivity index (χ0n) is 29.6. The second-order valence-electron chi connectivity index (χ2n) is 16.0. The van der Waals surface area contributed by atoms with Gasteiger partial charge in [-0.2, -0.15) is 0 Å². The van der Waals surface area contributed by atoms with Gasteiger partial charge in [-0.05, 0) is 104 Å². The highest BCUT2D eigenvalue weighted by Crippen LogP contribution is 2.47. The van der Waals surface area contributed by atoms with Gasteiger partial charge in [0.1, 0.15) is 15.7 Å². The minimum Gasteiger partial charge on any atom is -0.490 e. The van der Waals surface area contributed by atoms with Gasteiger partial charge in [-0.15, -0.1) is 4.36 Å². The number of likely N-dealkylation sites (tertiary alicyclic amines) is 1. The van der Waals surface area contributed by atoms with E-state index < -0.39 is 21.9 Å². The number of halogens is 1. The maximum atomic E-state index is 14.6. The molecule has 10 nitrogen and oxygen atoms in total. The minimum atomic E-state index is -3.47. The molecule has 51 heavy (non-hydrogen) atoms. The van der Waals surface area contributed by atoms with Crippen molar-refractivity contribution in [3.63, 3.8) is 0 Å². The first-order valence-electron chi connectivity index (χ1n) is 18.5. The van der Waals surface area contributed by atoms with Crippen LogP contribution in [0.5, 0.6) is 5.75 Å². The summed E-state index contributed by atoms with van der Waals surface area (Å²) in [5.74, 6) is 0.793. The molecule has 4 heterocycles. The van der Waals surface area contributed by atoms with Gasteiger partial charge >= 0.3 is 6.03 Å². The normalized spacial score (nSPS) is 33.5. The summed E-state index contributed by atoms with van der Waals surface area (Å²) in [5.41, 5.74) is 3.44. The van der Waals surface area contributed by atoms with E-state index in [0.717, 1.165) is 68.1 Å². The first-order valence-corrected chi connectivity index (χ1v) is 20.6. The molecule has 274 valence electrons. The number of amides is 3. The van der Waals surface area contributed by atoms with Crippen molar-refractivity contribution >= 4 is 39.1 Å². The predicted molar refractivity (Wildman–Crippen MR) is 198 cm³/mol. The van der Waals surface area contributed by atoms with Gasteiger partial charge in [0.25, 0.3) is 5.91 Å². The topological polar surface area (TPSA) is 110 Å². The number of nitrogens with zero attached hydrogens (tertiary/aromatic N) is 3. The van der Waals surface area contributed by atoms with Crippen LogP contribution < -0.4 is 14.4 Å². The first kappa shape index (κ1) is 34.9. The van der Waals surface area contributed by atoms with E-state index in [-0.39, 0.29) is 28.6 Å². The largest absolute Gasteiger partial charge is 0.490 e. The minimum absolute atomic E-state index is 0.0211. The Hall–Kier alpha value is -3.12. The number of allylic oxidation sites excluding steroid dienone is 1. The summed E-state index contributed by atoms with van der Waals surface area (Å²) in [4.78, 5) is 31.5. The molecular formula is C39H49ClN4O6S. The Balaban J connectivity index is 1.16. The van der Waals surface area contributed by atoms with Crippen molar-refractivity contribution in [2.75, 3.05) is 63.8 Å². The van der Waals surface area contributed by atoms with Gasteiger partial charge in [0.05, 0.1) is 30.8 Å². The van der Waals surface area contributed by atoms with E-state index in [9.17, 15) is 13.8 Å². The Bertz CT molecular complexity index is 1850. The van der Waals surface area contributed by atoms with Crippen molar-refractivity contribution in [3.8, 4) is 5.75 Å². The number of methoxy groups -OCH3 is 1. The molecule has 2 bridgehead atoms. The molecule has 1 saturated carbocycles. The van der Waals surface area contributed by atoms with Crippen LogP contribution in [0.2, 0.25) is 5.02 Å². The summed E-state index contributed by atoms with van der Waals surface area (Å²) in [6.07, 6.45) is 10.9. The average Bonchev–Trinajstić information content (AvgIpc) is 3.52. The number of carbonyl (C=O) groups excluding carboxylic acids is 2. The predicted octanol–water partition coefficient (Wildman–Crippen LogP) is 6.41. The molecule has 4 aliphatic heterocycles. The Labute approximate surface area is 306 Å². The number of anilines is 1. The maximum absolute atomic E-state index is 14.6. The van der Waals surface area contributed by atoms with E-state index in [2.05, 4.69) is 38.3 Å². The summed E-state index contributed by atoms with van der Waals surface area (Å²) < 4.78 is 39.9. The van der Waals surface area contributed by atoms with Crippen LogP contribution in [-0.2, 0) is 31.2 Å². The highest BCUT2D eigenvalue weighted by molar-refractivity contribution is 7.92. The molecule has 1 N–H and O–H groups in total. The average molecular weight is 737 g/mol. The van der Waals surface area contributed by atoms with Crippen LogP contribution >= 0.6 is 11.6 Å². The van der Waals surface area contributed by atoms with Crippen LogP contribution in [0.4, 0.5) is 10.5 Å². The molecule has 0 aromatic heterocycles. The van der Waals surface area contributed by atoms with Gasteiger partial charge in [0.2, 0.25) is 0 Å². The lowest BCUT2D eigenvalue weighted by atomic mass is 9.68. The van der Waals surface area contributed by atoms with E-state index in [1.165, 1.54) is 11.1 Å². The Morgan fingerprint density at radius 1 is 1.12 bits per heavy atom. The number of benzene rings is 2. The second-order valence-corrected chi connectivity index (χ2v) is 18.5. The van der Waals surface area contributed by atoms with E-state index in [1.54, 1.807) is 18.1 Å². The summed E-state index contributed by atoms with van der Waals surface area (Å²) >= 11 is 6.46. The van der Waals surface area contributed by atoms with Crippen LogP contribution in [0.3, 0.4) is 0 Å². The van der Waals surface area contributed by atoms with Crippen molar-refractivity contribution in [1.29, 1.82) is 0 Å². The van der Waals surface area contributed by atoms with Crippen molar-refractivity contribution in [2.24, 2.45) is 27.5 Å². The van der Waals surface area contributed by atoms with Crippen LogP contribution in [0.15, 0.2) is 52.9 Å². The van der Waals surface area contributed by atoms with Gasteiger partial charge in [0, 0.05) is 61.3 Å². The lowest BCUT2D eigenvalue weighted by Crippen LogP contribution is -2.61. The van der Waals surface area contributed by atoms with Gasteiger partial charge in [-0.3, -0.25) is 9.52 Å². The molecule has 1 unspecified atom stereocenters. The highest BCUT2D eigenvalue weighted by Gasteiger charge is 2.48. The zero-order chi connectivity index (χ0) is 35.4. The summed E-state index contributed by atoms with van der Waals surface area (Å²) in [6.45, 7) is 6.42. The van der Waals surface area contributed by atoms with Crippen LogP contribution in [0, 0.1) is 23.2 Å². The molecule has 6 aliphatic rings. The van der Waals surface area contributed by atoms with Crippen molar-refractivity contribution in [1.82, 2.24) is 9.62 Å². The third-order valence-corrected chi connectivity index (χ3v) is 14.5. The number of ether oxygens (including phenoxy) is 3. The summed E-state index contributed by atoms with van der Waals surface area (Å²) in [5, 5.41) is 0.746. The second kappa shape index (κ2) is 13.7. The van der Waals surface area contributed by atoms with Gasteiger partial charge in [-0.1, -0.05) is 36.7 Å². The SMILES string of the molecule is CO[C@H]1/C=C/C[C@H](C)CS(=O)(NC(=O)N2CC3(CCOC3)C2)=NC(=O)c2ccc3c(c2)N(C[C@@H]2CC[C@H]21)C[C@@]1(CCCc2cc(Cl)ccc21)CO3. The molecule has 3 fully saturated rings. The fraction of sp³-hybridized carbons (Fsp3) is 0.590. The van der Waals surface area contributed by atoms with Crippen LogP contribution in [0.25, 0.3) is 0 Å². The quantitative estimate of drug-likeness (QED) is 0.355. The Morgan fingerprint density at radius 2 is 1.98 bits per heavy atom. The third kappa shape index (κ3) is 6.80. The molecule has 8 rings (SSSR count). The van der Waals surface area contributed by atoms with Crippen molar-refractivity contribution in [2.45, 2.75) is 63.4 Å². The molecule has 2 aromatic rings. The van der Waals surface area contributed by atoms with Gasteiger partial charge < -0.3 is 24.0 Å². The third-order valence-electron chi connectivity index (χ3n) is 12.3. The molecule has 2 saturated heterocycles. The van der Waals surface area contributed by atoms with E-state index in [1.807, 2.05) is 25.1 Å². The standard InChI is InChI=1S/C39H49ClN4O6S/c1-26-5-3-7-34(48-2)31-11-8-29(31)19-43-23-39(14-4-6-27-17-30(40)10-12-32(27)39)25-50-35-13-9-28(18-33(35)43)36(45)41-51(47,20-26)42-37(46)44-21-38(22-44)15-16-49-24-38/h3,7,9-10,12-13,17-18,26,29,31,34H,4-6,8,11,14-16,19-25H2,1-2H3,(H,41,42,45,46,47)/b7-3+/t26-,29-,31+,34-,39-,51?/m0/s1. The summed E-state index contributed by atoms with van der Waals surface area (Å²) in [7, 11) is -1.69. The molecule has 0 radical (unpaired) electrons. The van der Waals surface area contributed by atoms with Crippen LogP contribution in [-0.4, -0.2) is 86.0 Å². The number of aryl methyl sites for hydroxylation is 1. The smallest absolute Gasteiger partial charge is 0.329 e. The Morgan fingerprint density at radius 3 is 2.75 bits per heavy atom. The highest BCUT2D eigenvalue weighted by atomic mass is 35.5. The van der Waals surface area contributed by atoms with Gasteiger partial charge in [0.15, 0.2) is 0 Å². The zero-order valence-corrected chi connectivity index (χ0v) is 31.2. The molecule has 12 heteroatoms. The number of hydrogen-bond acceptors (Lipinski definition) is 7. The molecule has 2 spiro atoms. The number of fused-ring (bicyclic) bond motifs is 4. The molecular weight excluding hydrogens is 688 g/mol. The van der Waals surface area contributed by atoms with Crippen LogP contribution in [0.1, 0.15) is 66.9 Å². The fourth-order valence-electron chi connectivity index (χ4n) is 9.37. The maximum Gasteiger partial charge on any atom is 0.329 e. The van der Waals surface area contributed by atoms with Gasteiger partial charge in [-0.25, -0.2) is 9.00 Å². The monoisotopic (exact) mass is 736 g/mol. The number of rotatable bonds is 2. The number of nitrogens with one attached hydrogen (secondary N) is 1. The lowest BCUT2D eigenvalue weighted by molar-refractivity contribution is 0.0131. The van der Waals surface area contributed by atoms with E-state index >= 15 is 0 Å². The lowest BCUT2D eigenvalue weighted by Gasteiger charge is -2.46. The summed E-state index contributed by atoms with van der Waals surface area (Å²) in [6, 6.07) is 11.2. The number of carbonyl (C=O) groups is 2. The van der Waals surface area contributed by atoms with Crippen molar-refractivity contribution < 1.29 is 28.0 Å². The molecule has 2 aliphatic carbocycles. The molecule has 6 atom stereocenters. The number of urea groups is 1. The van der Waals surface area contributed by atoms with Crippen molar-refractivity contribution in [3.05, 3.63) is 70.3 Å². The molecule has 2 aromatic carbocycles.